The summed E-state index contributed by atoms with van der Waals surface area (Å²) < 4.78 is 0. The number of likely N-dealkylation sites (tertiary alicyclic amines) is 1. The number of hydrogen-bond donors (Lipinski definition) is 0. The lowest BCUT2D eigenvalue weighted by molar-refractivity contribution is -0.138. The molecular weight excluding hydrogens is 226 g/mol. The van der Waals surface area contributed by atoms with E-state index in [-0.39, 0.29) is 23.7 Å². The Hall–Kier alpha value is -0.860. The van der Waals surface area contributed by atoms with Gasteiger partial charge < -0.3 is 0 Å². The Morgan fingerprint density at radius 1 is 1.17 bits per heavy atom. The van der Waals surface area contributed by atoms with Crippen LogP contribution in [0.4, 0.5) is 0 Å². The maximum absolute atomic E-state index is 12.0. The number of carbonyl (C=O) groups excluding carboxylic acids is 2. The van der Waals surface area contributed by atoms with Crippen molar-refractivity contribution < 1.29 is 9.59 Å². The number of imide groups is 1. The fourth-order valence-electron chi connectivity index (χ4n) is 3.65. The smallest absolute Gasteiger partial charge is 0.232 e. The minimum atomic E-state index is -0.117. The molecule has 3 heteroatoms. The molecule has 0 N–H and O–H groups in total. The lowest BCUT2D eigenvalue weighted by Crippen LogP contribution is -2.27. The second-order valence-corrected chi connectivity index (χ2v) is 6.24. The van der Waals surface area contributed by atoms with Crippen molar-refractivity contribution in [2.24, 2.45) is 23.7 Å². The third kappa shape index (κ3) is 2.45. The van der Waals surface area contributed by atoms with Crippen LogP contribution < -0.4 is 0 Å². The Morgan fingerprint density at radius 2 is 1.78 bits per heavy atom. The summed E-state index contributed by atoms with van der Waals surface area (Å²) in [5.74, 6) is 1.18. The lowest BCUT2D eigenvalue weighted by Gasteiger charge is -2.29. The van der Waals surface area contributed by atoms with Gasteiger partial charge in [-0.1, -0.05) is 46.0 Å². The van der Waals surface area contributed by atoms with Crippen LogP contribution in [0, 0.1) is 23.7 Å². The molecule has 2 amide bonds. The highest BCUT2D eigenvalue weighted by Crippen LogP contribution is 2.37. The van der Waals surface area contributed by atoms with E-state index in [0.29, 0.717) is 5.92 Å². The third-order valence-electron chi connectivity index (χ3n) is 5.05. The molecule has 2 fully saturated rings. The first-order valence-electron chi connectivity index (χ1n) is 7.33. The molecule has 1 saturated heterocycles. The third-order valence-corrected chi connectivity index (χ3v) is 5.05. The van der Waals surface area contributed by atoms with Gasteiger partial charge in [-0.3, -0.25) is 14.5 Å². The molecule has 18 heavy (non-hydrogen) atoms. The molecule has 102 valence electrons. The second kappa shape index (κ2) is 5.41. The van der Waals surface area contributed by atoms with E-state index in [1.54, 1.807) is 7.05 Å². The molecule has 0 spiro atoms. The molecule has 3 nitrogen and oxygen atoms in total. The van der Waals surface area contributed by atoms with Crippen LogP contribution in [-0.2, 0) is 9.59 Å². The molecular formula is C15H25NO2. The van der Waals surface area contributed by atoms with E-state index in [9.17, 15) is 9.59 Å². The van der Waals surface area contributed by atoms with Gasteiger partial charge in [0.25, 0.3) is 0 Å². The summed E-state index contributed by atoms with van der Waals surface area (Å²) in [5.41, 5.74) is 0. The summed E-state index contributed by atoms with van der Waals surface area (Å²) in [6, 6.07) is 0. The zero-order chi connectivity index (χ0) is 13.3. The van der Waals surface area contributed by atoms with Gasteiger partial charge in [-0.05, 0) is 18.3 Å². The van der Waals surface area contributed by atoms with Crippen LogP contribution in [0.25, 0.3) is 0 Å². The molecule has 3 atom stereocenters. The summed E-state index contributed by atoms with van der Waals surface area (Å²) in [6.45, 7) is 4.17. The van der Waals surface area contributed by atoms with E-state index in [4.69, 9.17) is 0 Å². The summed E-state index contributed by atoms with van der Waals surface area (Å²) >= 11 is 0. The lowest BCUT2D eigenvalue weighted by atomic mass is 9.75. The summed E-state index contributed by atoms with van der Waals surface area (Å²) in [5, 5.41) is 0. The fraction of sp³-hybridized carbons (Fsp3) is 0.867. The van der Waals surface area contributed by atoms with Gasteiger partial charge in [-0.15, -0.1) is 0 Å². The molecule has 0 aromatic carbocycles. The molecule has 1 saturated carbocycles. The van der Waals surface area contributed by atoms with Crippen LogP contribution in [0.15, 0.2) is 0 Å². The van der Waals surface area contributed by atoms with Gasteiger partial charge in [0.15, 0.2) is 0 Å². The molecule has 1 aliphatic heterocycles. The Balaban J connectivity index is 1.96. The van der Waals surface area contributed by atoms with Gasteiger partial charge in [0.2, 0.25) is 11.8 Å². The maximum atomic E-state index is 12.0. The summed E-state index contributed by atoms with van der Waals surface area (Å²) in [4.78, 5) is 25.2. The monoisotopic (exact) mass is 251 g/mol. The number of carbonyl (C=O) groups is 2. The van der Waals surface area contributed by atoms with E-state index in [2.05, 4.69) is 6.92 Å². The minimum absolute atomic E-state index is 0.000782. The average Bonchev–Trinajstić information content (AvgIpc) is 2.57. The van der Waals surface area contributed by atoms with E-state index in [0.717, 1.165) is 12.3 Å². The topological polar surface area (TPSA) is 37.4 Å². The molecule has 1 heterocycles. The Kier molecular flexibility index (Phi) is 4.08. The van der Waals surface area contributed by atoms with Gasteiger partial charge in [0.05, 0.1) is 5.92 Å². The first kappa shape index (κ1) is 13.6. The normalized spacial score (nSPS) is 32.1. The predicted molar refractivity (Wildman–Crippen MR) is 70.8 cm³/mol. The number of amides is 2. The van der Waals surface area contributed by atoms with Crippen LogP contribution in [0.3, 0.4) is 0 Å². The zero-order valence-electron chi connectivity index (χ0n) is 11.8. The van der Waals surface area contributed by atoms with Crippen LogP contribution in [0.5, 0.6) is 0 Å². The SMILES string of the molecule is CC(CC1C(=O)N(C)C(=O)C1C)C1CCCCC1. The molecule has 2 aliphatic rings. The average molecular weight is 251 g/mol. The Labute approximate surface area is 110 Å². The van der Waals surface area contributed by atoms with Crippen molar-refractivity contribution in [3.63, 3.8) is 0 Å². The van der Waals surface area contributed by atoms with Crippen molar-refractivity contribution in [3.8, 4) is 0 Å². The van der Waals surface area contributed by atoms with E-state index in [1.165, 1.54) is 37.0 Å². The van der Waals surface area contributed by atoms with E-state index < -0.39 is 0 Å². The highest BCUT2D eigenvalue weighted by atomic mass is 16.2. The second-order valence-electron chi connectivity index (χ2n) is 6.24. The zero-order valence-corrected chi connectivity index (χ0v) is 11.8. The van der Waals surface area contributed by atoms with Crippen molar-refractivity contribution in [1.82, 2.24) is 4.90 Å². The fourth-order valence-corrected chi connectivity index (χ4v) is 3.65. The molecule has 3 unspecified atom stereocenters. The van der Waals surface area contributed by atoms with Gasteiger partial charge in [0.1, 0.15) is 0 Å². The number of nitrogens with zero attached hydrogens (tertiary/aromatic N) is 1. The van der Waals surface area contributed by atoms with Crippen LogP contribution in [0.2, 0.25) is 0 Å². The molecule has 0 radical (unpaired) electrons. The highest BCUT2D eigenvalue weighted by molar-refractivity contribution is 6.04. The predicted octanol–water partition coefficient (Wildman–Crippen LogP) is 2.84. The molecule has 0 aromatic heterocycles. The van der Waals surface area contributed by atoms with Crippen LogP contribution >= 0.6 is 0 Å². The number of hydrogen-bond acceptors (Lipinski definition) is 2. The molecule has 0 bridgehead atoms. The largest absolute Gasteiger partial charge is 0.285 e. The Morgan fingerprint density at radius 3 is 2.28 bits per heavy atom. The molecule has 0 aromatic rings. The minimum Gasteiger partial charge on any atom is -0.285 e. The first-order chi connectivity index (χ1) is 8.52. The van der Waals surface area contributed by atoms with Crippen molar-refractivity contribution in [2.75, 3.05) is 7.05 Å². The standard InChI is InChI=1S/C15H25NO2/c1-10(12-7-5-4-6-8-12)9-13-11(2)14(17)16(3)15(13)18/h10-13H,4-9H2,1-3H3. The van der Waals surface area contributed by atoms with Crippen molar-refractivity contribution >= 4 is 11.8 Å². The van der Waals surface area contributed by atoms with Gasteiger partial charge in [0, 0.05) is 13.0 Å². The highest BCUT2D eigenvalue weighted by Gasteiger charge is 2.43. The molecule has 2 rings (SSSR count). The van der Waals surface area contributed by atoms with E-state index in [1.807, 2.05) is 6.92 Å². The van der Waals surface area contributed by atoms with Crippen molar-refractivity contribution in [1.29, 1.82) is 0 Å². The Bertz CT molecular complexity index is 333. The summed E-state index contributed by atoms with van der Waals surface area (Å²) in [7, 11) is 1.62. The number of rotatable bonds is 3. The maximum Gasteiger partial charge on any atom is 0.232 e. The van der Waals surface area contributed by atoms with Crippen LogP contribution in [0.1, 0.15) is 52.4 Å². The first-order valence-corrected chi connectivity index (χ1v) is 7.33. The quantitative estimate of drug-likeness (QED) is 0.723. The summed E-state index contributed by atoms with van der Waals surface area (Å²) in [6.07, 6.45) is 7.54. The van der Waals surface area contributed by atoms with Crippen molar-refractivity contribution in [3.05, 3.63) is 0 Å². The van der Waals surface area contributed by atoms with Crippen molar-refractivity contribution in [2.45, 2.75) is 52.4 Å². The van der Waals surface area contributed by atoms with Gasteiger partial charge >= 0.3 is 0 Å². The van der Waals surface area contributed by atoms with E-state index >= 15 is 0 Å². The van der Waals surface area contributed by atoms with Crippen LogP contribution in [-0.4, -0.2) is 23.8 Å². The van der Waals surface area contributed by atoms with Gasteiger partial charge in [-0.2, -0.15) is 0 Å². The van der Waals surface area contributed by atoms with Gasteiger partial charge in [-0.25, -0.2) is 0 Å². The molecule has 1 aliphatic carbocycles.